The fourth-order valence-corrected chi connectivity index (χ4v) is 1.88. The number of halogens is 1. The minimum atomic E-state index is -0.250. The van der Waals surface area contributed by atoms with Crippen LogP contribution < -0.4 is 10.1 Å². The number of hydrogen-bond acceptors (Lipinski definition) is 2. The average Bonchev–Trinajstić information content (AvgIpc) is 3.11. The first-order valence-electron chi connectivity index (χ1n) is 5.77. The highest BCUT2D eigenvalue weighted by Crippen LogP contribution is 2.32. The summed E-state index contributed by atoms with van der Waals surface area (Å²) in [5.41, 5.74) is 0.673. The molecule has 1 fully saturated rings. The molecule has 0 amide bonds. The summed E-state index contributed by atoms with van der Waals surface area (Å²) in [5.74, 6) is 0.854. The third kappa shape index (κ3) is 2.53. The van der Waals surface area contributed by atoms with Gasteiger partial charge in [-0.2, -0.15) is 0 Å². The van der Waals surface area contributed by atoms with E-state index in [-0.39, 0.29) is 5.82 Å². The molecule has 0 aliphatic heterocycles. The largest absolute Gasteiger partial charge is 0.494 e. The van der Waals surface area contributed by atoms with Crippen molar-refractivity contribution in [1.29, 1.82) is 0 Å². The first kappa shape index (κ1) is 11.4. The van der Waals surface area contributed by atoms with E-state index >= 15 is 0 Å². The normalized spacial score (nSPS) is 17.2. The van der Waals surface area contributed by atoms with Gasteiger partial charge in [0.15, 0.2) is 11.6 Å². The van der Waals surface area contributed by atoms with E-state index in [1.807, 2.05) is 6.07 Å². The molecule has 1 aromatic carbocycles. The van der Waals surface area contributed by atoms with Crippen LogP contribution in [-0.2, 0) is 6.54 Å². The van der Waals surface area contributed by atoms with Crippen LogP contribution in [0.5, 0.6) is 5.75 Å². The lowest BCUT2D eigenvalue weighted by molar-refractivity contribution is 0.382. The number of hydrogen-bond donors (Lipinski definition) is 1. The SMILES string of the molecule is COc1cccc(CNC(C)C2CC2)c1F. The number of methoxy groups -OCH3 is 1. The zero-order valence-corrected chi connectivity index (χ0v) is 9.79. The second-order valence-electron chi connectivity index (χ2n) is 4.44. The quantitative estimate of drug-likeness (QED) is 0.828. The van der Waals surface area contributed by atoms with Gasteiger partial charge in [-0.15, -0.1) is 0 Å². The average molecular weight is 223 g/mol. The van der Waals surface area contributed by atoms with Crippen LogP contribution >= 0.6 is 0 Å². The van der Waals surface area contributed by atoms with E-state index in [1.54, 1.807) is 12.1 Å². The van der Waals surface area contributed by atoms with Crippen LogP contribution in [0.25, 0.3) is 0 Å². The molecule has 88 valence electrons. The van der Waals surface area contributed by atoms with E-state index in [0.29, 0.717) is 23.9 Å². The molecule has 1 N–H and O–H groups in total. The van der Waals surface area contributed by atoms with Crippen molar-refractivity contribution in [2.45, 2.75) is 32.4 Å². The second-order valence-corrected chi connectivity index (χ2v) is 4.44. The Morgan fingerprint density at radius 2 is 2.25 bits per heavy atom. The Morgan fingerprint density at radius 1 is 1.50 bits per heavy atom. The number of rotatable bonds is 5. The smallest absolute Gasteiger partial charge is 0.169 e. The van der Waals surface area contributed by atoms with E-state index in [0.717, 1.165) is 5.92 Å². The van der Waals surface area contributed by atoms with Gasteiger partial charge in [0.05, 0.1) is 7.11 Å². The van der Waals surface area contributed by atoms with Crippen LogP contribution in [0.3, 0.4) is 0 Å². The predicted octanol–water partition coefficient (Wildman–Crippen LogP) is 2.72. The van der Waals surface area contributed by atoms with E-state index in [2.05, 4.69) is 12.2 Å². The first-order chi connectivity index (χ1) is 7.72. The van der Waals surface area contributed by atoms with Crippen molar-refractivity contribution in [3.8, 4) is 5.75 Å². The molecule has 0 aromatic heterocycles. The monoisotopic (exact) mass is 223 g/mol. The topological polar surface area (TPSA) is 21.3 Å². The van der Waals surface area contributed by atoms with Gasteiger partial charge >= 0.3 is 0 Å². The van der Waals surface area contributed by atoms with Crippen molar-refractivity contribution < 1.29 is 9.13 Å². The van der Waals surface area contributed by atoms with Gasteiger partial charge in [0.1, 0.15) is 0 Å². The Bertz CT molecular complexity index is 363. The van der Waals surface area contributed by atoms with Crippen LogP contribution in [0, 0.1) is 11.7 Å². The molecule has 1 saturated carbocycles. The lowest BCUT2D eigenvalue weighted by atomic mass is 10.1. The Balaban J connectivity index is 1.97. The van der Waals surface area contributed by atoms with E-state index in [1.165, 1.54) is 20.0 Å². The molecule has 1 aliphatic rings. The molecule has 1 aliphatic carbocycles. The standard InChI is InChI=1S/C13H18FNO/c1-9(10-6-7-10)15-8-11-4-3-5-12(16-2)13(11)14/h3-5,9-10,15H,6-8H2,1-2H3. The number of ether oxygens (including phenoxy) is 1. The van der Waals surface area contributed by atoms with Crippen molar-refractivity contribution in [3.63, 3.8) is 0 Å². The van der Waals surface area contributed by atoms with E-state index in [9.17, 15) is 4.39 Å². The van der Waals surface area contributed by atoms with Crippen LogP contribution in [0.2, 0.25) is 0 Å². The summed E-state index contributed by atoms with van der Waals surface area (Å²) in [7, 11) is 1.49. The van der Waals surface area contributed by atoms with Crippen molar-refractivity contribution >= 4 is 0 Å². The molecule has 1 unspecified atom stereocenters. The van der Waals surface area contributed by atoms with Crippen molar-refractivity contribution in [2.75, 3.05) is 7.11 Å². The van der Waals surface area contributed by atoms with Gasteiger partial charge in [-0.1, -0.05) is 12.1 Å². The van der Waals surface area contributed by atoms with E-state index < -0.39 is 0 Å². The number of nitrogens with one attached hydrogen (secondary N) is 1. The maximum absolute atomic E-state index is 13.8. The fraction of sp³-hybridized carbons (Fsp3) is 0.538. The summed E-state index contributed by atoms with van der Waals surface area (Å²) in [6, 6.07) is 5.74. The molecule has 0 bridgehead atoms. The minimum Gasteiger partial charge on any atom is -0.494 e. The maximum Gasteiger partial charge on any atom is 0.169 e. The van der Waals surface area contributed by atoms with Gasteiger partial charge < -0.3 is 10.1 Å². The molecule has 2 rings (SSSR count). The number of benzene rings is 1. The Labute approximate surface area is 95.8 Å². The van der Waals surface area contributed by atoms with Crippen LogP contribution in [0.15, 0.2) is 18.2 Å². The van der Waals surface area contributed by atoms with Gasteiger partial charge in [0.25, 0.3) is 0 Å². The summed E-state index contributed by atoms with van der Waals surface area (Å²) in [4.78, 5) is 0. The molecular formula is C13H18FNO. The highest BCUT2D eigenvalue weighted by atomic mass is 19.1. The zero-order valence-electron chi connectivity index (χ0n) is 9.79. The van der Waals surface area contributed by atoms with Gasteiger partial charge in [-0.3, -0.25) is 0 Å². The summed E-state index contributed by atoms with van der Waals surface area (Å²) >= 11 is 0. The summed E-state index contributed by atoms with van der Waals surface area (Å²) < 4.78 is 18.7. The molecule has 0 heterocycles. The Morgan fingerprint density at radius 3 is 2.88 bits per heavy atom. The minimum absolute atomic E-state index is 0.250. The highest BCUT2D eigenvalue weighted by Gasteiger charge is 2.27. The summed E-state index contributed by atoms with van der Waals surface area (Å²) in [6.07, 6.45) is 2.60. The van der Waals surface area contributed by atoms with Gasteiger partial charge in [0.2, 0.25) is 0 Å². The third-order valence-electron chi connectivity index (χ3n) is 3.21. The van der Waals surface area contributed by atoms with Gasteiger partial charge in [0, 0.05) is 18.2 Å². The van der Waals surface area contributed by atoms with Gasteiger partial charge in [-0.05, 0) is 31.7 Å². The van der Waals surface area contributed by atoms with Crippen LogP contribution in [0.1, 0.15) is 25.3 Å². The van der Waals surface area contributed by atoms with Gasteiger partial charge in [-0.25, -0.2) is 4.39 Å². The summed E-state index contributed by atoms with van der Waals surface area (Å²) in [5, 5.41) is 3.36. The predicted molar refractivity (Wildman–Crippen MR) is 62.0 cm³/mol. The van der Waals surface area contributed by atoms with Crippen LogP contribution in [-0.4, -0.2) is 13.2 Å². The van der Waals surface area contributed by atoms with Crippen molar-refractivity contribution in [1.82, 2.24) is 5.32 Å². The molecule has 1 atom stereocenters. The van der Waals surface area contributed by atoms with Crippen molar-refractivity contribution in [2.24, 2.45) is 5.92 Å². The molecule has 2 nitrogen and oxygen atoms in total. The Kier molecular flexibility index (Phi) is 3.44. The molecular weight excluding hydrogens is 205 g/mol. The third-order valence-corrected chi connectivity index (χ3v) is 3.21. The highest BCUT2D eigenvalue weighted by molar-refractivity contribution is 5.30. The molecule has 16 heavy (non-hydrogen) atoms. The van der Waals surface area contributed by atoms with E-state index in [4.69, 9.17) is 4.74 Å². The van der Waals surface area contributed by atoms with Crippen LogP contribution in [0.4, 0.5) is 4.39 Å². The molecule has 1 aromatic rings. The molecule has 0 saturated heterocycles. The maximum atomic E-state index is 13.8. The first-order valence-corrected chi connectivity index (χ1v) is 5.77. The molecule has 0 radical (unpaired) electrons. The summed E-state index contributed by atoms with van der Waals surface area (Å²) in [6.45, 7) is 2.73. The zero-order chi connectivity index (χ0) is 11.5. The Hall–Kier alpha value is -1.09. The second kappa shape index (κ2) is 4.83. The lowest BCUT2D eigenvalue weighted by Crippen LogP contribution is -2.27. The fourth-order valence-electron chi connectivity index (χ4n) is 1.88. The van der Waals surface area contributed by atoms with Crippen molar-refractivity contribution in [3.05, 3.63) is 29.6 Å². The molecule has 0 spiro atoms. The molecule has 3 heteroatoms. The lowest BCUT2D eigenvalue weighted by Gasteiger charge is -2.13.